The van der Waals surface area contributed by atoms with Crippen molar-refractivity contribution in [2.24, 2.45) is 5.92 Å². The highest BCUT2D eigenvalue weighted by Crippen LogP contribution is 2.41. The highest BCUT2D eigenvalue weighted by molar-refractivity contribution is 7.66. The maximum atomic E-state index is 12.1. The van der Waals surface area contributed by atoms with Gasteiger partial charge in [-0.3, -0.25) is 4.57 Å². The van der Waals surface area contributed by atoms with Crippen LogP contribution in [0.3, 0.4) is 0 Å². The molecule has 3 nitrogen and oxygen atoms in total. The van der Waals surface area contributed by atoms with Crippen LogP contribution in [0.25, 0.3) is 0 Å². The van der Waals surface area contributed by atoms with E-state index in [-0.39, 0.29) is 17.9 Å². The fraction of sp³-hybridized carbons (Fsp3) is 0.417. The lowest BCUT2D eigenvalue weighted by molar-refractivity contribution is -0.117. The number of hydrogen-bond donors (Lipinski definition) is 1. The average Bonchev–Trinajstić information content (AvgIpc) is 2.16. The summed E-state index contributed by atoms with van der Waals surface area (Å²) in [6.07, 6.45) is 0.522. The summed E-state index contributed by atoms with van der Waals surface area (Å²) in [5.74, 6) is -0.00546. The Bertz CT molecular complexity index is 400. The Morgan fingerprint density at radius 3 is 2.44 bits per heavy atom. The van der Waals surface area contributed by atoms with E-state index in [1.807, 2.05) is 13.0 Å². The lowest BCUT2D eigenvalue weighted by Gasteiger charge is -2.16. The molecule has 0 bridgehead atoms. The van der Waals surface area contributed by atoms with Gasteiger partial charge in [0.25, 0.3) is 0 Å². The van der Waals surface area contributed by atoms with Gasteiger partial charge in [-0.2, -0.15) is 0 Å². The Labute approximate surface area is 96.0 Å². The van der Waals surface area contributed by atoms with Crippen LogP contribution in [0.2, 0.25) is 0 Å². The molecule has 0 heterocycles. The first-order chi connectivity index (χ1) is 7.42. The van der Waals surface area contributed by atoms with Crippen molar-refractivity contribution in [3.63, 3.8) is 0 Å². The lowest BCUT2D eigenvalue weighted by Crippen LogP contribution is -2.13. The summed E-state index contributed by atoms with van der Waals surface area (Å²) in [4.78, 5) is 20.8. The van der Waals surface area contributed by atoms with Crippen LogP contribution in [-0.2, 0) is 9.36 Å². The zero-order valence-corrected chi connectivity index (χ0v) is 10.5. The van der Waals surface area contributed by atoms with E-state index in [0.717, 1.165) is 0 Å². The molecule has 1 N–H and O–H groups in total. The van der Waals surface area contributed by atoms with Crippen LogP contribution in [0.4, 0.5) is 0 Å². The van der Waals surface area contributed by atoms with Gasteiger partial charge in [-0.25, -0.2) is 0 Å². The Morgan fingerprint density at radius 1 is 1.38 bits per heavy atom. The molecule has 16 heavy (non-hydrogen) atoms. The number of benzene rings is 1. The molecule has 0 saturated heterocycles. The molecule has 1 rings (SSSR count). The Balaban J connectivity index is 2.72. The largest absolute Gasteiger partial charge is 0.341 e. The van der Waals surface area contributed by atoms with E-state index in [1.54, 1.807) is 24.3 Å². The normalized spacial score (nSPS) is 16.4. The zero-order valence-electron chi connectivity index (χ0n) is 9.59. The summed E-state index contributed by atoms with van der Waals surface area (Å²) >= 11 is 0. The molecule has 0 aliphatic carbocycles. The molecule has 0 radical (unpaired) electrons. The number of carbonyl (C=O) groups excluding carboxylic acids is 1. The first-order valence-corrected chi connectivity index (χ1v) is 7.13. The smallest absolute Gasteiger partial charge is 0.229 e. The highest BCUT2D eigenvalue weighted by Gasteiger charge is 2.24. The first kappa shape index (κ1) is 13.1. The minimum absolute atomic E-state index is 0.0561. The highest BCUT2D eigenvalue weighted by atomic mass is 31.2. The van der Waals surface area contributed by atoms with Crippen LogP contribution >= 0.6 is 7.37 Å². The zero-order chi connectivity index (χ0) is 12.2. The van der Waals surface area contributed by atoms with Gasteiger partial charge in [-0.15, -0.1) is 0 Å². The van der Waals surface area contributed by atoms with Gasteiger partial charge in [0.15, 0.2) is 0 Å². The van der Waals surface area contributed by atoms with E-state index < -0.39 is 7.37 Å². The van der Waals surface area contributed by atoms with Crippen LogP contribution in [0.1, 0.15) is 20.3 Å². The van der Waals surface area contributed by atoms with E-state index in [2.05, 4.69) is 0 Å². The Kier molecular flexibility index (Phi) is 4.45. The standard InChI is InChI=1S/C12H17O3P/c1-10(8-11(2)13)9-16(14,15)12-6-4-3-5-7-12/h3-7,10H,8-9H2,1-2H3,(H,14,15). The number of Topliss-reactive ketones (excluding diaryl/α,β-unsaturated/α-hetero) is 1. The second-order valence-electron chi connectivity index (χ2n) is 4.23. The van der Waals surface area contributed by atoms with Crippen molar-refractivity contribution >= 4 is 18.5 Å². The monoisotopic (exact) mass is 240 g/mol. The number of carbonyl (C=O) groups is 1. The molecule has 1 aromatic rings. The van der Waals surface area contributed by atoms with Gasteiger partial charge >= 0.3 is 0 Å². The predicted molar refractivity (Wildman–Crippen MR) is 65.2 cm³/mol. The summed E-state index contributed by atoms with van der Waals surface area (Å²) in [5.41, 5.74) is 0. The number of rotatable bonds is 5. The molecule has 0 amide bonds. The number of hydrogen-bond acceptors (Lipinski definition) is 2. The lowest BCUT2D eigenvalue weighted by atomic mass is 10.1. The van der Waals surface area contributed by atoms with Gasteiger partial charge < -0.3 is 9.69 Å². The summed E-state index contributed by atoms with van der Waals surface area (Å²) < 4.78 is 12.1. The minimum atomic E-state index is -3.31. The molecule has 1 aromatic carbocycles. The molecule has 0 saturated carbocycles. The summed E-state index contributed by atoms with van der Waals surface area (Å²) in [5, 5.41) is 0.463. The minimum Gasteiger partial charge on any atom is -0.341 e. The fourth-order valence-electron chi connectivity index (χ4n) is 1.74. The molecule has 0 spiro atoms. The third kappa shape index (κ3) is 3.92. The predicted octanol–water partition coefficient (Wildman–Crippen LogP) is 2.20. The molecule has 2 atom stereocenters. The van der Waals surface area contributed by atoms with Gasteiger partial charge in [0.1, 0.15) is 5.78 Å². The average molecular weight is 240 g/mol. The van der Waals surface area contributed by atoms with Crippen LogP contribution < -0.4 is 5.30 Å². The van der Waals surface area contributed by atoms with Crippen molar-refractivity contribution < 1.29 is 14.3 Å². The maximum Gasteiger partial charge on any atom is 0.229 e. The molecule has 0 aliphatic heterocycles. The van der Waals surface area contributed by atoms with Crippen LogP contribution in [-0.4, -0.2) is 16.8 Å². The van der Waals surface area contributed by atoms with E-state index in [0.29, 0.717) is 11.7 Å². The van der Waals surface area contributed by atoms with E-state index >= 15 is 0 Å². The Hall–Kier alpha value is -0.920. The second kappa shape index (κ2) is 5.42. The van der Waals surface area contributed by atoms with Crippen molar-refractivity contribution in [1.82, 2.24) is 0 Å². The molecule has 0 fully saturated rings. The number of ketones is 1. The molecule has 88 valence electrons. The molecule has 0 aliphatic rings. The third-order valence-corrected chi connectivity index (χ3v) is 4.58. The van der Waals surface area contributed by atoms with Crippen molar-refractivity contribution in [3.05, 3.63) is 30.3 Å². The quantitative estimate of drug-likeness (QED) is 0.803. The van der Waals surface area contributed by atoms with Gasteiger partial charge in [0.05, 0.1) is 0 Å². The van der Waals surface area contributed by atoms with Crippen molar-refractivity contribution in [2.45, 2.75) is 20.3 Å². The molecule has 0 aromatic heterocycles. The van der Waals surface area contributed by atoms with Crippen molar-refractivity contribution in [2.75, 3.05) is 6.16 Å². The third-order valence-electron chi connectivity index (χ3n) is 2.35. The topological polar surface area (TPSA) is 54.4 Å². The van der Waals surface area contributed by atoms with Crippen LogP contribution in [0.5, 0.6) is 0 Å². The maximum absolute atomic E-state index is 12.1. The SMILES string of the molecule is CC(=O)CC(C)CP(=O)(O)c1ccccc1. The molecule has 2 unspecified atom stereocenters. The first-order valence-electron chi connectivity index (χ1n) is 5.28. The summed E-state index contributed by atoms with van der Waals surface area (Å²) in [7, 11) is -3.31. The van der Waals surface area contributed by atoms with Crippen molar-refractivity contribution in [1.29, 1.82) is 0 Å². The van der Waals surface area contributed by atoms with Gasteiger partial charge in [0.2, 0.25) is 7.37 Å². The molecular formula is C12H17O3P. The molecular weight excluding hydrogens is 223 g/mol. The summed E-state index contributed by atoms with van der Waals surface area (Å²) in [6.45, 7) is 3.33. The van der Waals surface area contributed by atoms with E-state index in [9.17, 15) is 14.3 Å². The van der Waals surface area contributed by atoms with Gasteiger partial charge in [0, 0.05) is 17.9 Å². The Morgan fingerprint density at radius 2 is 1.94 bits per heavy atom. The van der Waals surface area contributed by atoms with Crippen LogP contribution in [0.15, 0.2) is 30.3 Å². The summed E-state index contributed by atoms with van der Waals surface area (Å²) in [6, 6.07) is 8.60. The fourth-order valence-corrected chi connectivity index (χ4v) is 3.57. The van der Waals surface area contributed by atoms with Crippen LogP contribution in [0, 0.1) is 5.92 Å². The van der Waals surface area contributed by atoms with Gasteiger partial charge in [-0.1, -0.05) is 25.1 Å². The van der Waals surface area contributed by atoms with E-state index in [1.165, 1.54) is 6.92 Å². The van der Waals surface area contributed by atoms with Crippen molar-refractivity contribution in [3.8, 4) is 0 Å². The molecule has 4 heteroatoms. The second-order valence-corrected chi connectivity index (χ2v) is 6.52. The van der Waals surface area contributed by atoms with E-state index in [4.69, 9.17) is 0 Å². The van der Waals surface area contributed by atoms with Gasteiger partial charge in [-0.05, 0) is 25.0 Å².